The summed E-state index contributed by atoms with van der Waals surface area (Å²) in [5.41, 5.74) is 2.63. The third kappa shape index (κ3) is 2.48. The van der Waals surface area contributed by atoms with Crippen LogP contribution >= 0.6 is 11.6 Å². The van der Waals surface area contributed by atoms with Crippen LogP contribution in [0.5, 0.6) is 0 Å². The van der Waals surface area contributed by atoms with E-state index in [9.17, 15) is 9.59 Å². The van der Waals surface area contributed by atoms with Gasteiger partial charge in [-0.3, -0.25) is 9.59 Å². The Morgan fingerprint density at radius 1 is 1.20 bits per heavy atom. The number of fused-ring (bicyclic) bond motifs is 5. The molecule has 1 aromatic heterocycles. The highest BCUT2D eigenvalue weighted by atomic mass is 35.5. The van der Waals surface area contributed by atoms with E-state index >= 15 is 0 Å². The van der Waals surface area contributed by atoms with Gasteiger partial charge in [-0.05, 0) is 30.2 Å². The molecule has 2 aliphatic heterocycles. The van der Waals surface area contributed by atoms with Gasteiger partial charge in [0.25, 0.3) is 5.91 Å². The molecule has 2 unspecified atom stereocenters. The number of hydrogen-bond donors (Lipinski definition) is 1. The summed E-state index contributed by atoms with van der Waals surface area (Å²) in [4.78, 5) is 33.6. The molecule has 1 saturated heterocycles. The quantitative estimate of drug-likeness (QED) is 0.651. The SMILES string of the molecule is C=CCN1CC(=O)N2CC(c3ccccc3Cl)c3c([nH]c4ccccc34)C2(C)C1=O. The zero-order chi connectivity index (χ0) is 21.0. The Labute approximate surface area is 179 Å². The zero-order valence-electron chi connectivity index (χ0n) is 16.7. The molecular formula is C24H22ClN3O2. The Morgan fingerprint density at radius 2 is 1.93 bits per heavy atom. The molecule has 2 aromatic carbocycles. The van der Waals surface area contributed by atoms with Gasteiger partial charge in [-0.2, -0.15) is 0 Å². The van der Waals surface area contributed by atoms with Crippen molar-refractivity contribution in [2.75, 3.05) is 19.6 Å². The second-order valence-electron chi connectivity index (χ2n) is 8.08. The van der Waals surface area contributed by atoms with Crippen molar-refractivity contribution in [2.45, 2.75) is 18.4 Å². The molecule has 0 aliphatic carbocycles. The van der Waals surface area contributed by atoms with Crippen LogP contribution in [0.1, 0.15) is 29.7 Å². The van der Waals surface area contributed by atoms with Crippen molar-refractivity contribution in [3.63, 3.8) is 0 Å². The summed E-state index contributed by atoms with van der Waals surface area (Å²) in [6, 6.07) is 15.7. The maximum atomic E-state index is 13.6. The molecule has 6 heteroatoms. The van der Waals surface area contributed by atoms with Crippen molar-refractivity contribution < 1.29 is 9.59 Å². The number of piperazine rings is 1. The monoisotopic (exact) mass is 419 g/mol. The minimum Gasteiger partial charge on any atom is -0.356 e. The van der Waals surface area contributed by atoms with Crippen LogP contribution in [-0.2, 0) is 15.1 Å². The smallest absolute Gasteiger partial charge is 0.255 e. The topological polar surface area (TPSA) is 56.4 Å². The Hall–Kier alpha value is -3.05. The molecule has 30 heavy (non-hydrogen) atoms. The number of halogens is 1. The predicted octanol–water partition coefficient (Wildman–Crippen LogP) is 4.04. The summed E-state index contributed by atoms with van der Waals surface area (Å²) in [5.74, 6) is -0.284. The molecule has 5 rings (SSSR count). The Kier molecular flexibility index (Phi) is 4.26. The molecule has 1 fully saturated rings. The Morgan fingerprint density at radius 3 is 2.70 bits per heavy atom. The van der Waals surface area contributed by atoms with Crippen molar-refractivity contribution in [3.8, 4) is 0 Å². The minimum atomic E-state index is -1.09. The van der Waals surface area contributed by atoms with Gasteiger partial charge in [0.2, 0.25) is 5.91 Å². The number of benzene rings is 2. The molecule has 3 aromatic rings. The molecule has 1 N–H and O–H groups in total. The zero-order valence-corrected chi connectivity index (χ0v) is 17.4. The number of nitrogens with zero attached hydrogens (tertiary/aromatic N) is 2. The first kappa shape index (κ1) is 18.9. The van der Waals surface area contributed by atoms with Crippen molar-refractivity contribution in [2.24, 2.45) is 0 Å². The van der Waals surface area contributed by atoms with Crippen LogP contribution in [0.15, 0.2) is 61.2 Å². The van der Waals surface area contributed by atoms with Crippen LogP contribution in [0, 0.1) is 0 Å². The minimum absolute atomic E-state index is 0.0608. The summed E-state index contributed by atoms with van der Waals surface area (Å²) in [6.07, 6.45) is 1.66. The number of aromatic amines is 1. The van der Waals surface area contributed by atoms with Crippen LogP contribution in [0.25, 0.3) is 10.9 Å². The van der Waals surface area contributed by atoms with Crippen LogP contribution in [0.2, 0.25) is 5.02 Å². The number of para-hydroxylation sites is 1. The Balaban J connectivity index is 1.79. The molecular weight excluding hydrogens is 398 g/mol. The maximum absolute atomic E-state index is 13.6. The number of amides is 2. The van der Waals surface area contributed by atoms with Gasteiger partial charge in [-0.25, -0.2) is 0 Å². The lowest BCUT2D eigenvalue weighted by Gasteiger charge is -2.51. The number of H-pyrrole nitrogens is 1. The lowest BCUT2D eigenvalue weighted by Crippen LogP contribution is -2.67. The van der Waals surface area contributed by atoms with Crippen LogP contribution in [0.3, 0.4) is 0 Å². The summed E-state index contributed by atoms with van der Waals surface area (Å²) >= 11 is 6.58. The molecule has 2 atom stereocenters. The van der Waals surface area contributed by atoms with E-state index in [0.717, 1.165) is 27.7 Å². The molecule has 0 saturated carbocycles. The fourth-order valence-corrected chi connectivity index (χ4v) is 5.29. The van der Waals surface area contributed by atoms with E-state index in [2.05, 4.69) is 17.6 Å². The first-order valence-corrected chi connectivity index (χ1v) is 10.4. The highest BCUT2D eigenvalue weighted by Gasteiger charge is 2.56. The summed E-state index contributed by atoms with van der Waals surface area (Å²) < 4.78 is 0. The largest absolute Gasteiger partial charge is 0.356 e. The number of aromatic nitrogens is 1. The predicted molar refractivity (Wildman–Crippen MR) is 117 cm³/mol. The van der Waals surface area contributed by atoms with E-state index in [1.54, 1.807) is 15.9 Å². The normalized spacial score (nSPS) is 23.5. The van der Waals surface area contributed by atoms with Gasteiger partial charge in [0.15, 0.2) is 5.54 Å². The third-order valence-electron chi connectivity index (χ3n) is 6.45. The van der Waals surface area contributed by atoms with Gasteiger partial charge in [-0.15, -0.1) is 6.58 Å². The van der Waals surface area contributed by atoms with E-state index < -0.39 is 5.54 Å². The average Bonchev–Trinajstić information content (AvgIpc) is 3.14. The first-order chi connectivity index (χ1) is 14.5. The van der Waals surface area contributed by atoms with E-state index in [4.69, 9.17) is 11.6 Å². The number of carbonyl (C=O) groups is 2. The molecule has 152 valence electrons. The standard InChI is InChI=1S/C24H22ClN3O2/c1-3-12-27-14-20(29)28-13-17(15-8-4-6-10-18(15)25)21-16-9-5-7-11-19(16)26-22(21)24(28,2)23(27)30/h3-11,17,26H,1,12-14H2,2H3. The molecule has 0 bridgehead atoms. The summed E-state index contributed by atoms with van der Waals surface area (Å²) in [6.45, 7) is 6.40. The van der Waals surface area contributed by atoms with Crippen LogP contribution < -0.4 is 0 Å². The van der Waals surface area contributed by atoms with E-state index in [-0.39, 0.29) is 24.3 Å². The van der Waals surface area contributed by atoms with Crippen LogP contribution in [-0.4, -0.2) is 46.2 Å². The third-order valence-corrected chi connectivity index (χ3v) is 6.79. The summed E-state index contributed by atoms with van der Waals surface area (Å²) in [7, 11) is 0. The number of carbonyl (C=O) groups excluding carboxylic acids is 2. The van der Waals surface area contributed by atoms with Crippen molar-refractivity contribution in [1.82, 2.24) is 14.8 Å². The van der Waals surface area contributed by atoms with Gasteiger partial charge >= 0.3 is 0 Å². The molecule has 0 radical (unpaired) electrons. The fraction of sp³-hybridized carbons (Fsp3) is 0.250. The lowest BCUT2D eigenvalue weighted by molar-refractivity contribution is -0.165. The molecule has 2 aliphatic rings. The number of hydrogen-bond acceptors (Lipinski definition) is 2. The molecule has 0 spiro atoms. The van der Waals surface area contributed by atoms with Gasteiger partial charge in [-0.1, -0.05) is 54.1 Å². The van der Waals surface area contributed by atoms with Crippen LogP contribution in [0.4, 0.5) is 0 Å². The molecule has 3 heterocycles. The highest BCUT2D eigenvalue weighted by molar-refractivity contribution is 6.31. The highest BCUT2D eigenvalue weighted by Crippen LogP contribution is 2.48. The number of rotatable bonds is 3. The van der Waals surface area contributed by atoms with Gasteiger partial charge in [0.05, 0.1) is 5.69 Å². The van der Waals surface area contributed by atoms with Gasteiger partial charge < -0.3 is 14.8 Å². The van der Waals surface area contributed by atoms with Crippen molar-refractivity contribution >= 4 is 34.3 Å². The molecule has 5 nitrogen and oxygen atoms in total. The molecule has 2 amide bonds. The summed E-state index contributed by atoms with van der Waals surface area (Å²) in [5, 5.41) is 1.71. The van der Waals surface area contributed by atoms with E-state index in [1.807, 2.05) is 49.4 Å². The second kappa shape index (κ2) is 6.74. The van der Waals surface area contributed by atoms with Crippen molar-refractivity contribution in [3.05, 3.63) is 83.0 Å². The van der Waals surface area contributed by atoms with Gasteiger partial charge in [0.1, 0.15) is 6.54 Å². The second-order valence-corrected chi connectivity index (χ2v) is 8.49. The Bertz CT molecular complexity index is 1200. The first-order valence-electron chi connectivity index (χ1n) is 10.0. The number of nitrogens with one attached hydrogen (secondary N) is 1. The maximum Gasteiger partial charge on any atom is 0.255 e. The van der Waals surface area contributed by atoms with E-state index in [1.165, 1.54) is 0 Å². The average molecular weight is 420 g/mol. The van der Waals surface area contributed by atoms with Crippen molar-refractivity contribution in [1.29, 1.82) is 0 Å². The van der Waals surface area contributed by atoms with E-state index in [0.29, 0.717) is 18.1 Å². The van der Waals surface area contributed by atoms with Gasteiger partial charge in [0, 0.05) is 34.9 Å². The lowest BCUT2D eigenvalue weighted by atomic mass is 9.76. The fourth-order valence-electron chi connectivity index (χ4n) is 5.02.